The van der Waals surface area contributed by atoms with Crippen LogP contribution in [0.1, 0.15) is 78.1 Å². The summed E-state index contributed by atoms with van der Waals surface area (Å²) in [4.78, 5) is 34.6. The van der Waals surface area contributed by atoms with Crippen LogP contribution in [0, 0.1) is 5.92 Å². The number of hydrogen-bond acceptors (Lipinski definition) is 6. The largest absolute Gasteiger partial charge is 0.469 e. The van der Waals surface area contributed by atoms with E-state index in [0.29, 0.717) is 12.8 Å². The Balaban J connectivity index is 3.75. The van der Waals surface area contributed by atoms with E-state index >= 15 is 0 Å². The number of carbonyl (C=O) groups excluding carboxylic acids is 3. The first-order valence-electron chi connectivity index (χ1n) is 9.46. The van der Waals surface area contributed by atoms with Crippen LogP contribution in [0.5, 0.6) is 0 Å². The van der Waals surface area contributed by atoms with Gasteiger partial charge in [0.15, 0.2) is 5.92 Å². The molecule has 6 nitrogen and oxygen atoms in total. The summed E-state index contributed by atoms with van der Waals surface area (Å²) in [6.07, 6.45) is 9.16. The first-order valence-corrected chi connectivity index (χ1v) is 9.46. The Kier molecular flexibility index (Phi) is 14.9. The Morgan fingerprint density at radius 2 is 1.16 bits per heavy atom. The van der Waals surface area contributed by atoms with Crippen LogP contribution in [0.2, 0.25) is 0 Å². The third kappa shape index (κ3) is 12.4. The zero-order valence-corrected chi connectivity index (χ0v) is 16.0. The van der Waals surface area contributed by atoms with Crippen LogP contribution in [0.3, 0.4) is 0 Å². The third-order valence-corrected chi connectivity index (χ3v) is 3.99. The van der Waals surface area contributed by atoms with E-state index < -0.39 is 17.9 Å². The van der Waals surface area contributed by atoms with Crippen LogP contribution in [-0.2, 0) is 28.6 Å². The fourth-order valence-corrected chi connectivity index (χ4v) is 2.60. The van der Waals surface area contributed by atoms with Crippen molar-refractivity contribution >= 4 is 17.9 Å². The second-order valence-electron chi connectivity index (χ2n) is 6.00. The lowest BCUT2D eigenvalue weighted by molar-refractivity contribution is -0.162. The SMILES string of the molecule is CCOC(=O)C(CCCCCCCCCCC(=O)OC)C(=O)OCC. The van der Waals surface area contributed by atoms with Gasteiger partial charge in [-0.15, -0.1) is 0 Å². The summed E-state index contributed by atoms with van der Waals surface area (Å²) in [6.45, 7) is 3.99. The van der Waals surface area contributed by atoms with Crippen LogP contribution in [0.25, 0.3) is 0 Å². The number of carbonyl (C=O) groups is 3. The Morgan fingerprint density at radius 3 is 1.60 bits per heavy atom. The molecule has 0 fully saturated rings. The van der Waals surface area contributed by atoms with Crippen LogP contribution in [0.4, 0.5) is 0 Å². The van der Waals surface area contributed by atoms with Gasteiger partial charge in [0.2, 0.25) is 0 Å². The van der Waals surface area contributed by atoms with Gasteiger partial charge in [0.25, 0.3) is 0 Å². The number of methoxy groups -OCH3 is 1. The first-order chi connectivity index (χ1) is 12.1. The highest BCUT2D eigenvalue weighted by molar-refractivity contribution is 5.94. The van der Waals surface area contributed by atoms with E-state index in [9.17, 15) is 14.4 Å². The number of rotatable bonds is 15. The molecule has 0 aliphatic rings. The minimum Gasteiger partial charge on any atom is -0.469 e. The molecule has 0 amide bonds. The molecule has 6 heteroatoms. The summed E-state index contributed by atoms with van der Waals surface area (Å²) < 4.78 is 14.5. The molecule has 0 aliphatic carbocycles. The van der Waals surface area contributed by atoms with Crippen molar-refractivity contribution in [3.63, 3.8) is 0 Å². The molecule has 0 aliphatic heterocycles. The van der Waals surface area contributed by atoms with Crippen LogP contribution in [-0.4, -0.2) is 38.2 Å². The molecular weight excluding hydrogens is 324 g/mol. The van der Waals surface area contributed by atoms with Crippen molar-refractivity contribution in [3.05, 3.63) is 0 Å². The van der Waals surface area contributed by atoms with E-state index in [-0.39, 0.29) is 19.2 Å². The van der Waals surface area contributed by atoms with Gasteiger partial charge < -0.3 is 14.2 Å². The average Bonchev–Trinajstić information content (AvgIpc) is 2.59. The lowest BCUT2D eigenvalue weighted by Crippen LogP contribution is -2.28. The lowest BCUT2D eigenvalue weighted by Gasteiger charge is -2.14. The molecule has 0 saturated heterocycles. The molecule has 0 aromatic heterocycles. The summed E-state index contributed by atoms with van der Waals surface area (Å²) in [7, 11) is 1.41. The van der Waals surface area contributed by atoms with Crippen LogP contribution in [0.15, 0.2) is 0 Å². The molecule has 0 radical (unpaired) electrons. The number of ether oxygens (including phenoxy) is 3. The number of unbranched alkanes of at least 4 members (excludes halogenated alkanes) is 7. The van der Waals surface area contributed by atoms with Gasteiger partial charge in [-0.05, 0) is 26.7 Å². The topological polar surface area (TPSA) is 78.9 Å². The Labute approximate surface area is 151 Å². The van der Waals surface area contributed by atoms with Crippen LogP contribution < -0.4 is 0 Å². The van der Waals surface area contributed by atoms with E-state index in [1.54, 1.807) is 13.8 Å². The van der Waals surface area contributed by atoms with Gasteiger partial charge in [-0.3, -0.25) is 14.4 Å². The molecule has 0 unspecified atom stereocenters. The fraction of sp³-hybridized carbons (Fsp3) is 0.842. The monoisotopic (exact) mass is 358 g/mol. The van der Waals surface area contributed by atoms with E-state index in [1.807, 2.05) is 0 Å². The van der Waals surface area contributed by atoms with Gasteiger partial charge in [0.1, 0.15) is 0 Å². The molecule has 0 aromatic carbocycles. The van der Waals surface area contributed by atoms with Crippen molar-refractivity contribution in [2.45, 2.75) is 78.1 Å². The van der Waals surface area contributed by atoms with Gasteiger partial charge >= 0.3 is 17.9 Å². The maximum Gasteiger partial charge on any atom is 0.320 e. The first kappa shape index (κ1) is 23.4. The Bertz CT molecular complexity index is 362. The van der Waals surface area contributed by atoms with Gasteiger partial charge in [0, 0.05) is 6.42 Å². The molecule has 146 valence electrons. The molecule has 0 atom stereocenters. The molecular formula is C19H34O6. The normalized spacial score (nSPS) is 10.6. The maximum atomic E-state index is 11.8. The zero-order valence-electron chi connectivity index (χ0n) is 16.0. The minimum atomic E-state index is -0.793. The molecule has 0 heterocycles. The minimum absolute atomic E-state index is 0.141. The molecule has 0 saturated carbocycles. The molecule has 0 bridgehead atoms. The highest BCUT2D eigenvalue weighted by atomic mass is 16.6. The second-order valence-corrected chi connectivity index (χ2v) is 6.00. The fourth-order valence-electron chi connectivity index (χ4n) is 2.60. The van der Waals surface area contributed by atoms with E-state index in [4.69, 9.17) is 9.47 Å². The van der Waals surface area contributed by atoms with E-state index in [2.05, 4.69) is 4.74 Å². The Hall–Kier alpha value is -1.59. The summed E-state index contributed by atoms with van der Waals surface area (Å²) >= 11 is 0. The molecule has 0 rings (SSSR count). The third-order valence-electron chi connectivity index (χ3n) is 3.99. The van der Waals surface area contributed by atoms with Crippen molar-refractivity contribution in [3.8, 4) is 0 Å². The molecule has 0 aromatic rings. The van der Waals surface area contributed by atoms with Gasteiger partial charge in [-0.2, -0.15) is 0 Å². The van der Waals surface area contributed by atoms with Gasteiger partial charge in [-0.25, -0.2) is 0 Å². The predicted molar refractivity (Wildman–Crippen MR) is 94.9 cm³/mol. The summed E-state index contributed by atoms with van der Waals surface area (Å²) in [6, 6.07) is 0. The van der Waals surface area contributed by atoms with Crippen molar-refractivity contribution in [2.24, 2.45) is 5.92 Å². The lowest BCUT2D eigenvalue weighted by atomic mass is 10.00. The van der Waals surface area contributed by atoms with E-state index in [1.165, 1.54) is 7.11 Å². The molecule has 0 spiro atoms. The van der Waals surface area contributed by atoms with Crippen molar-refractivity contribution < 1.29 is 28.6 Å². The predicted octanol–water partition coefficient (Wildman–Crippen LogP) is 3.80. The smallest absolute Gasteiger partial charge is 0.320 e. The van der Waals surface area contributed by atoms with E-state index in [0.717, 1.165) is 51.4 Å². The highest BCUT2D eigenvalue weighted by Crippen LogP contribution is 2.16. The highest BCUT2D eigenvalue weighted by Gasteiger charge is 2.28. The summed E-state index contributed by atoms with van der Waals surface area (Å²) in [5.41, 5.74) is 0. The van der Waals surface area contributed by atoms with Crippen molar-refractivity contribution in [1.82, 2.24) is 0 Å². The molecule has 25 heavy (non-hydrogen) atoms. The second kappa shape index (κ2) is 15.9. The van der Waals surface area contributed by atoms with Crippen molar-refractivity contribution in [2.75, 3.05) is 20.3 Å². The maximum absolute atomic E-state index is 11.8. The number of esters is 3. The summed E-state index contributed by atoms with van der Waals surface area (Å²) in [5.74, 6) is -1.89. The quantitative estimate of drug-likeness (QED) is 0.192. The van der Waals surface area contributed by atoms with Gasteiger partial charge in [0.05, 0.1) is 20.3 Å². The Morgan fingerprint density at radius 1 is 0.720 bits per heavy atom. The average molecular weight is 358 g/mol. The molecule has 0 N–H and O–H groups in total. The van der Waals surface area contributed by atoms with Crippen molar-refractivity contribution in [1.29, 1.82) is 0 Å². The zero-order chi connectivity index (χ0) is 18.9. The summed E-state index contributed by atoms with van der Waals surface area (Å²) in [5, 5.41) is 0. The van der Waals surface area contributed by atoms with Crippen LogP contribution >= 0.6 is 0 Å². The number of hydrogen-bond donors (Lipinski definition) is 0. The van der Waals surface area contributed by atoms with Gasteiger partial charge in [-0.1, -0.05) is 44.9 Å². The standard InChI is InChI=1S/C19H34O6/c1-4-24-18(21)16(19(22)25-5-2)14-12-10-8-6-7-9-11-13-15-17(20)23-3/h16H,4-15H2,1-3H3.